The number of hydrogen-bond acceptors (Lipinski definition) is 4. The Bertz CT molecular complexity index is 375. The molecule has 0 saturated heterocycles. The number of carbonyl (C=O) groups is 2. The largest absolute Gasteiger partial charge is 0.478 e. The van der Waals surface area contributed by atoms with Crippen LogP contribution in [0.1, 0.15) is 20.7 Å². The number of carboxylic acid groups (broad SMARTS) is 2. The molecule has 1 aromatic rings. The average Bonchev–Trinajstić information content (AvgIpc) is 2.08. The third-order valence-corrected chi connectivity index (χ3v) is 2.49. The molecule has 74 valence electrons. The summed E-state index contributed by atoms with van der Waals surface area (Å²) in [6.07, 6.45) is 0. The van der Waals surface area contributed by atoms with Crippen molar-refractivity contribution in [2.24, 2.45) is 0 Å². The summed E-state index contributed by atoms with van der Waals surface area (Å²) in [4.78, 5) is 22.0. The highest BCUT2D eigenvalue weighted by Crippen LogP contribution is 2.23. The van der Waals surface area contributed by atoms with E-state index < -0.39 is 11.9 Å². The molecule has 6 heteroatoms. The molecule has 0 aromatic heterocycles. The molecular formula is C8H6O4S2. The van der Waals surface area contributed by atoms with Gasteiger partial charge in [-0.15, -0.1) is 25.3 Å². The zero-order chi connectivity index (χ0) is 10.9. The monoisotopic (exact) mass is 230 g/mol. The summed E-state index contributed by atoms with van der Waals surface area (Å²) in [6, 6.07) is 2.33. The summed E-state index contributed by atoms with van der Waals surface area (Å²) < 4.78 is 0. The lowest BCUT2D eigenvalue weighted by molar-refractivity contribution is 0.0651. The molecule has 0 aliphatic heterocycles. The van der Waals surface area contributed by atoms with Gasteiger partial charge in [-0.2, -0.15) is 0 Å². The van der Waals surface area contributed by atoms with Gasteiger partial charge in [-0.3, -0.25) is 0 Å². The lowest BCUT2D eigenvalue weighted by Gasteiger charge is -2.04. The van der Waals surface area contributed by atoms with Gasteiger partial charge in [0.2, 0.25) is 0 Å². The molecule has 4 nitrogen and oxygen atoms in total. The predicted molar refractivity (Wildman–Crippen MR) is 54.9 cm³/mol. The summed E-state index contributed by atoms with van der Waals surface area (Å²) >= 11 is 7.89. The van der Waals surface area contributed by atoms with Gasteiger partial charge in [-0.25, -0.2) is 9.59 Å². The number of aromatic carboxylic acids is 2. The number of thiol groups is 2. The summed E-state index contributed by atoms with van der Waals surface area (Å²) in [5.41, 5.74) is -0.583. The first kappa shape index (κ1) is 10.9. The zero-order valence-electron chi connectivity index (χ0n) is 6.76. The first-order chi connectivity index (χ1) is 6.43. The van der Waals surface area contributed by atoms with Crippen molar-refractivity contribution in [3.8, 4) is 0 Å². The molecule has 1 rings (SSSR count). The van der Waals surface area contributed by atoms with E-state index in [2.05, 4.69) is 25.3 Å². The zero-order valence-corrected chi connectivity index (χ0v) is 8.55. The third-order valence-electron chi connectivity index (χ3n) is 1.58. The Balaban J connectivity index is 3.46. The van der Waals surface area contributed by atoms with E-state index in [-0.39, 0.29) is 11.1 Å². The lowest BCUT2D eigenvalue weighted by Crippen LogP contribution is -2.08. The van der Waals surface area contributed by atoms with Gasteiger partial charge in [0.05, 0.1) is 11.1 Å². The van der Waals surface area contributed by atoms with Gasteiger partial charge >= 0.3 is 11.9 Å². The summed E-state index contributed by atoms with van der Waals surface area (Å²) in [5.74, 6) is -2.60. The smallest absolute Gasteiger partial charge is 0.336 e. The quantitative estimate of drug-likeness (QED) is 0.583. The fourth-order valence-corrected chi connectivity index (χ4v) is 1.32. The van der Waals surface area contributed by atoms with E-state index in [0.717, 1.165) is 12.1 Å². The van der Waals surface area contributed by atoms with E-state index in [1.165, 1.54) is 0 Å². The van der Waals surface area contributed by atoms with Crippen LogP contribution in [0.5, 0.6) is 0 Å². The number of carboxylic acids is 2. The normalized spacial score (nSPS) is 9.86. The predicted octanol–water partition coefficient (Wildman–Crippen LogP) is 1.66. The highest BCUT2D eigenvalue weighted by Gasteiger charge is 2.17. The molecule has 1 aromatic carbocycles. The molecule has 0 aliphatic carbocycles. The van der Waals surface area contributed by atoms with Gasteiger partial charge in [0.25, 0.3) is 0 Å². The van der Waals surface area contributed by atoms with E-state index in [1.54, 1.807) is 0 Å². The van der Waals surface area contributed by atoms with Gasteiger partial charge < -0.3 is 10.2 Å². The third kappa shape index (κ3) is 2.02. The fraction of sp³-hybridized carbons (Fsp3) is 0. The van der Waals surface area contributed by atoms with Crippen molar-refractivity contribution >= 4 is 37.2 Å². The summed E-state index contributed by atoms with van der Waals surface area (Å²) in [7, 11) is 0. The van der Waals surface area contributed by atoms with Crippen molar-refractivity contribution in [3.05, 3.63) is 23.3 Å². The number of benzene rings is 1. The van der Waals surface area contributed by atoms with Crippen molar-refractivity contribution in [3.63, 3.8) is 0 Å². The Hall–Kier alpha value is -1.14. The Morgan fingerprint density at radius 1 is 0.929 bits per heavy atom. The summed E-state index contributed by atoms with van der Waals surface area (Å²) in [6.45, 7) is 0. The van der Waals surface area contributed by atoms with Crippen molar-refractivity contribution in [1.82, 2.24) is 0 Å². The van der Waals surface area contributed by atoms with Gasteiger partial charge in [0.1, 0.15) is 0 Å². The van der Waals surface area contributed by atoms with Crippen LogP contribution in [0.4, 0.5) is 0 Å². The van der Waals surface area contributed by atoms with Crippen molar-refractivity contribution in [1.29, 1.82) is 0 Å². The van der Waals surface area contributed by atoms with E-state index >= 15 is 0 Å². The molecule has 0 atom stereocenters. The van der Waals surface area contributed by atoms with Crippen LogP contribution >= 0.6 is 25.3 Å². The molecule has 0 unspecified atom stereocenters. The van der Waals surface area contributed by atoms with Crippen molar-refractivity contribution in [2.75, 3.05) is 0 Å². The van der Waals surface area contributed by atoms with Gasteiger partial charge in [-0.05, 0) is 12.1 Å². The number of rotatable bonds is 2. The molecule has 0 heterocycles. The second kappa shape index (κ2) is 3.93. The average molecular weight is 230 g/mol. The van der Waals surface area contributed by atoms with Gasteiger partial charge in [0.15, 0.2) is 0 Å². The minimum Gasteiger partial charge on any atom is -0.478 e. The van der Waals surface area contributed by atoms with Gasteiger partial charge in [0, 0.05) is 9.79 Å². The molecule has 2 N–H and O–H groups in total. The molecule has 0 aliphatic rings. The van der Waals surface area contributed by atoms with Crippen LogP contribution < -0.4 is 0 Å². The van der Waals surface area contributed by atoms with Crippen molar-refractivity contribution in [2.45, 2.75) is 9.79 Å². The fourth-order valence-electron chi connectivity index (χ4n) is 0.931. The molecule has 0 bridgehead atoms. The van der Waals surface area contributed by atoms with Crippen LogP contribution in [-0.2, 0) is 0 Å². The minimum atomic E-state index is -1.30. The first-order valence-electron chi connectivity index (χ1n) is 3.46. The standard InChI is InChI=1S/C8H6O4S2/c9-7(10)3-1-5(13)6(14)2-4(3)8(11)12/h1-2,13-14H,(H,9,10)(H,11,12). The maximum atomic E-state index is 10.7. The summed E-state index contributed by atoms with van der Waals surface area (Å²) in [5, 5.41) is 17.4. The lowest BCUT2D eigenvalue weighted by atomic mass is 10.1. The first-order valence-corrected chi connectivity index (χ1v) is 4.35. The molecule has 0 spiro atoms. The van der Waals surface area contributed by atoms with Crippen LogP contribution in [-0.4, -0.2) is 22.2 Å². The van der Waals surface area contributed by atoms with Crippen LogP contribution in [0.2, 0.25) is 0 Å². The SMILES string of the molecule is O=C(O)c1cc(S)c(S)cc1C(=O)O. The second-order valence-electron chi connectivity index (χ2n) is 2.50. The number of hydrogen-bond donors (Lipinski definition) is 4. The second-order valence-corrected chi connectivity index (χ2v) is 3.46. The topological polar surface area (TPSA) is 74.6 Å². The van der Waals surface area contributed by atoms with Crippen LogP contribution in [0.25, 0.3) is 0 Å². The van der Waals surface area contributed by atoms with E-state index in [4.69, 9.17) is 10.2 Å². The Morgan fingerprint density at radius 3 is 1.43 bits per heavy atom. The van der Waals surface area contributed by atoms with E-state index in [0.29, 0.717) is 9.79 Å². The Labute approximate surface area is 90.4 Å². The minimum absolute atomic E-state index is 0.291. The highest BCUT2D eigenvalue weighted by atomic mass is 32.1. The maximum Gasteiger partial charge on any atom is 0.336 e. The molecule has 0 saturated carbocycles. The van der Waals surface area contributed by atoms with Crippen LogP contribution in [0.3, 0.4) is 0 Å². The molecular weight excluding hydrogens is 224 g/mol. The molecule has 14 heavy (non-hydrogen) atoms. The van der Waals surface area contributed by atoms with E-state index in [9.17, 15) is 9.59 Å². The highest BCUT2D eigenvalue weighted by molar-refractivity contribution is 7.83. The molecule has 0 amide bonds. The van der Waals surface area contributed by atoms with Crippen LogP contribution in [0.15, 0.2) is 21.9 Å². The Morgan fingerprint density at radius 2 is 1.21 bits per heavy atom. The van der Waals surface area contributed by atoms with E-state index in [1.807, 2.05) is 0 Å². The maximum absolute atomic E-state index is 10.7. The molecule has 0 radical (unpaired) electrons. The Kier molecular flexibility index (Phi) is 3.07. The van der Waals surface area contributed by atoms with Crippen LogP contribution in [0, 0.1) is 0 Å². The molecule has 0 fully saturated rings. The van der Waals surface area contributed by atoms with Crippen molar-refractivity contribution < 1.29 is 19.8 Å². The van der Waals surface area contributed by atoms with Gasteiger partial charge in [-0.1, -0.05) is 0 Å².